The Balaban J connectivity index is 1.85. The number of benzene rings is 1. The van der Waals surface area contributed by atoms with Gasteiger partial charge >= 0.3 is 0 Å². The van der Waals surface area contributed by atoms with Gasteiger partial charge in [-0.05, 0) is 40.5 Å². The van der Waals surface area contributed by atoms with Crippen molar-refractivity contribution in [1.82, 2.24) is 15.6 Å². The van der Waals surface area contributed by atoms with E-state index in [9.17, 15) is 4.79 Å². The summed E-state index contributed by atoms with van der Waals surface area (Å²) in [5, 5.41) is 10.4. The molecule has 1 aromatic heterocycles. The number of rotatable bonds is 2. The van der Waals surface area contributed by atoms with Crippen LogP contribution < -0.4 is 11.1 Å². The molecule has 0 aliphatic carbocycles. The van der Waals surface area contributed by atoms with E-state index < -0.39 is 5.91 Å². The molecular weight excluding hydrogens is 300 g/mol. The molecule has 0 fully saturated rings. The van der Waals surface area contributed by atoms with Crippen LogP contribution in [0, 0.1) is 0 Å². The van der Waals surface area contributed by atoms with Crippen molar-refractivity contribution in [2.75, 3.05) is 11.5 Å². The summed E-state index contributed by atoms with van der Waals surface area (Å²) in [6, 6.07) is 5.57. The highest BCUT2D eigenvalue weighted by atomic mass is 35.5. The number of thioether (sulfide) groups is 1. The van der Waals surface area contributed by atoms with Crippen molar-refractivity contribution in [3.8, 4) is 0 Å². The van der Waals surface area contributed by atoms with Gasteiger partial charge in [0.05, 0.1) is 6.04 Å². The SMILES string of the molecule is Nc1nonc1C(=O)NC1CCSc2ccc(Cl)cc21. The number of amides is 1. The van der Waals surface area contributed by atoms with Gasteiger partial charge in [-0.25, -0.2) is 4.63 Å². The number of anilines is 1. The average molecular weight is 311 g/mol. The lowest BCUT2D eigenvalue weighted by atomic mass is 10.0. The zero-order chi connectivity index (χ0) is 14.1. The third-order valence-electron chi connectivity index (χ3n) is 3.05. The van der Waals surface area contributed by atoms with E-state index in [1.165, 1.54) is 0 Å². The molecule has 0 radical (unpaired) electrons. The number of fused-ring (bicyclic) bond motifs is 1. The molecule has 2 aromatic rings. The molecule has 8 heteroatoms. The number of nitrogens with one attached hydrogen (secondary N) is 1. The minimum absolute atomic E-state index is 0.00630. The molecule has 0 bridgehead atoms. The number of carbonyl (C=O) groups is 1. The molecule has 1 aliphatic heterocycles. The van der Waals surface area contributed by atoms with Crippen LogP contribution in [0.15, 0.2) is 27.7 Å². The number of halogens is 1. The van der Waals surface area contributed by atoms with Crippen LogP contribution in [0.25, 0.3) is 0 Å². The zero-order valence-corrected chi connectivity index (χ0v) is 11.9. The first kappa shape index (κ1) is 13.3. The molecule has 20 heavy (non-hydrogen) atoms. The van der Waals surface area contributed by atoms with E-state index in [1.807, 2.05) is 18.2 Å². The average Bonchev–Trinajstić information content (AvgIpc) is 2.86. The van der Waals surface area contributed by atoms with Crippen molar-refractivity contribution in [2.45, 2.75) is 17.4 Å². The van der Waals surface area contributed by atoms with Crippen LogP contribution in [-0.2, 0) is 0 Å². The quantitative estimate of drug-likeness (QED) is 0.883. The van der Waals surface area contributed by atoms with Gasteiger partial charge in [0, 0.05) is 15.7 Å². The monoisotopic (exact) mass is 310 g/mol. The number of hydrogen-bond acceptors (Lipinski definition) is 6. The summed E-state index contributed by atoms with van der Waals surface area (Å²) in [6.45, 7) is 0. The van der Waals surface area contributed by atoms with Crippen LogP contribution in [0.1, 0.15) is 28.5 Å². The van der Waals surface area contributed by atoms with Gasteiger partial charge in [-0.1, -0.05) is 11.6 Å². The summed E-state index contributed by atoms with van der Waals surface area (Å²) in [5.74, 6) is 0.511. The molecule has 1 amide bonds. The van der Waals surface area contributed by atoms with Crippen LogP contribution in [0.2, 0.25) is 5.02 Å². The molecule has 104 valence electrons. The lowest BCUT2D eigenvalue weighted by molar-refractivity contribution is 0.0925. The van der Waals surface area contributed by atoms with Crippen molar-refractivity contribution in [2.24, 2.45) is 0 Å². The van der Waals surface area contributed by atoms with Crippen molar-refractivity contribution >= 4 is 35.1 Å². The molecule has 3 N–H and O–H groups in total. The molecule has 6 nitrogen and oxygen atoms in total. The molecule has 1 atom stereocenters. The smallest absolute Gasteiger partial charge is 0.277 e. The zero-order valence-electron chi connectivity index (χ0n) is 10.3. The molecule has 1 unspecified atom stereocenters. The van der Waals surface area contributed by atoms with Gasteiger partial charge in [0.15, 0.2) is 0 Å². The third-order valence-corrected chi connectivity index (χ3v) is 4.40. The minimum atomic E-state index is -0.397. The maximum Gasteiger partial charge on any atom is 0.277 e. The van der Waals surface area contributed by atoms with E-state index in [-0.39, 0.29) is 17.6 Å². The normalized spacial score (nSPS) is 17.6. The summed E-state index contributed by atoms with van der Waals surface area (Å²) in [6.07, 6.45) is 0.814. The second kappa shape index (κ2) is 5.34. The second-order valence-corrected chi connectivity index (χ2v) is 5.92. The Labute approximate surface area is 124 Å². The largest absolute Gasteiger partial charge is 0.379 e. The second-order valence-electron chi connectivity index (χ2n) is 4.34. The first-order valence-corrected chi connectivity index (χ1v) is 7.32. The summed E-state index contributed by atoms with van der Waals surface area (Å²) in [4.78, 5) is 13.2. The fourth-order valence-electron chi connectivity index (χ4n) is 2.09. The Hall–Kier alpha value is -1.73. The minimum Gasteiger partial charge on any atom is -0.379 e. The lowest BCUT2D eigenvalue weighted by Crippen LogP contribution is -2.31. The molecule has 0 saturated carbocycles. The Morgan fingerprint density at radius 3 is 3.10 bits per heavy atom. The van der Waals surface area contributed by atoms with Crippen molar-refractivity contribution in [3.63, 3.8) is 0 Å². The third kappa shape index (κ3) is 2.46. The fraction of sp³-hybridized carbons (Fsp3) is 0.250. The van der Waals surface area contributed by atoms with E-state index in [1.54, 1.807) is 11.8 Å². The molecular formula is C12H11ClN4O2S. The van der Waals surface area contributed by atoms with Crippen LogP contribution in [0.3, 0.4) is 0 Å². The summed E-state index contributed by atoms with van der Waals surface area (Å²) < 4.78 is 4.43. The summed E-state index contributed by atoms with van der Waals surface area (Å²) >= 11 is 7.77. The standard InChI is InChI=1S/C12H11ClN4O2S/c13-6-1-2-9-7(5-6)8(3-4-20-9)15-12(18)10-11(14)17-19-16-10/h1-2,5,8H,3-4H2,(H2,14,17)(H,15,18). The fourth-order valence-corrected chi connectivity index (χ4v) is 3.38. The number of hydrogen-bond donors (Lipinski definition) is 2. The van der Waals surface area contributed by atoms with Crippen LogP contribution >= 0.6 is 23.4 Å². The number of aromatic nitrogens is 2. The van der Waals surface area contributed by atoms with E-state index in [0.717, 1.165) is 22.6 Å². The molecule has 1 aliphatic rings. The Morgan fingerprint density at radius 1 is 1.50 bits per heavy atom. The van der Waals surface area contributed by atoms with Gasteiger partial charge in [0.25, 0.3) is 5.91 Å². The van der Waals surface area contributed by atoms with Gasteiger partial charge in [-0.3, -0.25) is 4.79 Å². The van der Waals surface area contributed by atoms with Crippen molar-refractivity contribution < 1.29 is 9.42 Å². The predicted molar refractivity (Wildman–Crippen MR) is 75.7 cm³/mol. The predicted octanol–water partition coefficient (Wildman–Crippen LogP) is 2.27. The molecule has 0 spiro atoms. The maximum absolute atomic E-state index is 12.1. The topological polar surface area (TPSA) is 94.0 Å². The highest BCUT2D eigenvalue weighted by Gasteiger charge is 2.25. The van der Waals surface area contributed by atoms with Crippen LogP contribution in [-0.4, -0.2) is 22.0 Å². The Morgan fingerprint density at radius 2 is 2.35 bits per heavy atom. The first-order valence-electron chi connectivity index (χ1n) is 5.96. The van der Waals surface area contributed by atoms with E-state index in [0.29, 0.717) is 5.02 Å². The van der Waals surface area contributed by atoms with Crippen molar-refractivity contribution in [3.05, 3.63) is 34.5 Å². The van der Waals surface area contributed by atoms with Gasteiger partial charge in [0.1, 0.15) is 0 Å². The van der Waals surface area contributed by atoms with Crippen molar-refractivity contribution in [1.29, 1.82) is 0 Å². The lowest BCUT2D eigenvalue weighted by Gasteiger charge is -2.25. The van der Waals surface area contributed by atoms with E-state index >= 15 is 0 Å². The number of nitrogen functional groups attached to an aromatic ring is 1. The number of nitrogens with zero attached hydrogens (tertiary/aromatic N) is 2. The highest BCUT2D eigenvalue weighted by Crippen LogP contribution is 2.37. The first-order chi connectivity index (χ1) is 9.65. The van der Waals surface area contributed by atoms with Gasteiger partial charge in [-0.15, -0.1) is 11.8 Å². The summed E-state index contributed by atoms with van der Waals surface area (Å²) in [7, 11) is 0. The van der Waals surface area contributed by atoms with Crippen LogP contribution in [0.5, 0.6) is 0 Å². The van der Waals surface area contributed by atoms with Gasteiger partial charge in [-0.2, -0.15) is 0 Å². The molecule has 1 aromatic carbocycles. The molecule has 2 heterocycles. The highest BCUT2D eigenvalue weighted by molar-refractivity contribution is 7.99. The molecule has 0 saturated heterocycles. The van der Waals surface area contributed by atoms with E-state index in [4.69, 9.17) is 17.3 Å². The van der Waals surface area contributed by atoms with E-state index in [2.05, 4.69) is 20.3 Å². The Kier molecular flexibility index (Phi) is 3.54. The number of nitrogens with two attached hydrogens (primary N) is 1. The van der Waals surface area contributed by atoms with Crippen LogP contribution in [0.4, 0.5) is 5.82 Å². The molecule has 3 rings (SSSR count). The Bertz CT molecular complexity index is 661. The van der Waals surface area contributed by atoms with Gasteiger partial charge in [0.2, 0.25) is 11.5 Å². The summed E-state index contributed by atoms with van der Waals surface area (Å²) in [5.41, 5.74) is 6.53. The maximum atomic E-state index is 12.1. The number of carbonyl (C=O) groups excluding carboxylic acids is 1. The van der Waals surface area contributed by atoms with Gasteiger partial charge < -0.3 is 11.1 Å².